The fourth-order valence-corrected chi connectivity index (χ4v) is 2.82. The Morgan fingerprint density at radius 3 is 2.82 bits per heavy atom. The molecule has 2 fully saturated rings. The zero-order valence-corrected chi connectivity index (χ0v) is 10.0. The Morgan fingerprint density at radius 1 is 1.35 bits per heavy atom. The topological polar surface area (TPSA) is 51.4 Å². The Labute approximate surface area is 102 Å². The molecule has 3 rings (SSSR count). The highest BCUT2D eigenvalue weighted by atomic mass is 16.5. The average molecular weight is 233 g/mol. The highest BCUT2D eigenvalue weighted by molar-refractivity contribution is 5.16. The van der Waals surface area contributed by atoms with Crippen molar-refractivity contribution in [1.82, 2.24) is 9.88 Å². The van der Waals surface area contributed by atoms with Crippen molar-refractivity contribution in [3.63, 3.8) is 0 Å². The summed E-state index contributed by atoms with van der Waals surface area (Å²) in [5.41, 5.74) is 7.89. The van der Waals surface area contributed by atoms with Crippen molar-refractivity contribution >= 4 is 0 Å². The molecule has 3 heterocycles. The summed E-state index contributed by atoms with van der Waals surface area (Å²) < 4.78 is 5.84. The van der Waals surface area contributed by atoms with Crippen LogP contribution in [0.3, 0.4) is 0 Å². The highest BCUT2D eigenvalue weighted by Crippen LogP contribution is 2.27. The van der Waals surface area contributed by atoms with Crippen molar-refractivity contribution in [3.8, 4) is 0 Å². The number of nitrogens with two attached hydrogens (primary N) is 1. The lowest BCUT2D eigenvalue weighted by atomic mass is 10.2. The van der Waals surface area contributed by atoms with E-state index < -0.39 is 0 Å². The summed E-state index contributed by atoms with van der Waals surface area (Å²) in [5.74, 6) is 0. The van der Waals surface area contributed by atoms with Gasteiger partial charge < -0.3 is 10.5 Å². The maximum atomic E-state index is 5.84. The Hall–Kier alpha value is -0.970. The largest absolute Gasteiger partial charge is 0.372 e. The molecule has 92 valence electrons. The number of hydrogen-bond donors (Lipinski definition) is 1. The van der Waals surface area contributed by atoms with E-state index in [2.05, 4.69) is 22.0 Å². The van der Waals surface area contributed by atoms with E-state index in [9.17, 15) is 0 Å². The summed E-state index contributed by atoms with van der Waals surface area (Å²) in [5, 5.41) is 0. The van der Waals surface area contributed by atoms with Gasteiger partial charge in [-0.15, -0.1) is 0 Å². The third-order valence-corrected chi connectivity index (χ3v) is 3.62. The van der Waals surface area contributed by atoms with Gasteiger partial charge in [-0.05, 0) is 30.5 Å². The molecule has 1 aromatic heterocycles. The number of rotatable bonds is 3. The molecule has 0 radical (unpaired) electrons. The Bertz CT molecular complexity index is 384. The van der Waals surface area contributed by atoms with Crippen molar-refractivity contribution in [1.29, 1.82) is 0 Å². The third-order valence-electron chi connectivity index (χ3n) is 3.62. The molecule has 4 nitrogen and oxygen atoms in total. The monoisotopic (exact) mass is 233 g/mol. The first-order valence-corrected chi connectivity index (χ1v) is 6.35. The van der Waals surface area contributed by atoms with E-state index in [1.807, 2.05) is 6.20 Å². The zero-order valence-electron chi connectivity index (χ0n) is 10.0. The minimum absolute atomic E-state index is 0.463. The van der Waals surface area contributed by atoms with Crippen molar-refractivity contribution in [2.75, 3.05) is 13.1 Å². The van der Waals surface area contributed by atoms with Gasteiger partial charge >= 0.3 is 0 Å². The van der Waals surface area contributed by atoms with Crippen LogP contribution in [0.1, 0.15) is 24.1 Å². The third kappa shape index (κ3) is 2.49. The van der Waals surface area contributed by atoms with Gasteiger partial charge in [-0.3, -0.25) is 9.88 Å². The molecule has 0 saturated carbocycles. The molecular formula is C13H19N3O. The molecular weight excluding hydrogens is 214 g/mol. The van der Waals surface area contributed by atoms with Crippen LogP contribution < -0.4 is 5.73 Å². The van der Waals surface area contributed by atoms with E-state index in [0.717, 1.165) is 25.3 Å². The summed E-state index contributed by atoms with van der Waals surface area (Å²) in [6.45, 7) is 3.64. The van der Waals surface area contributed by atoms with E-state index in [4.69, 9.17) is 10.5 Å². The molecule has 0 amide bonds. The standard InChI is InChI=1S/C13H19N3O/c14-6-11-5-10(3-4-15-11)7-16-8-12-1-2-13(9-16)17-12/h3-5,12-13H,1-2,6-9,14H2. The summed E-state index contributed by atoms with van der Waals surface area (Å²) >= 11 is 0. The summed E-state index contributed by atoms with van der Waals surface area (Å²) in [4.78, 5) is 6.71. The predicted molar refractivity (Wildman–Crippen MR) is 65.3 cm³/mol. The number of aromatic nitrogens is 1. The maximum absolute atomic E-state index is 5.84. The van der Waals surface area contributed by atoms with Crippen LogP contribution in [0.25, 0.3) is 0 Å². The summed E-state index contributed by atoms with van der Waals surface area (Å²) in [7, 11) is 0. The summed E-state index contributed by atoms with van der Waals surface area (Å²) in [6, 6.07) is 4.19. The molecule has 0 spiro atoms. The summed E-state index contributed by atoms with van der Waals surface area (Å²) in [6.07, 6.45) is 5.23. The van der Waals surface area contributed by atoms with Crippen molar-refractivity contribution in [2.45, 2.75) is 38.1 Å². The first-order valence-electron chi connectivity index (χ1n) is 6.35. The van der Waals surface area contributed by atoms with Gasteiger partial charge in [0.2, 0.25) is 0 Å². The van der Waals surface area contributed by atoms with Gasteiger partial charge in [0.05, 0.1) is 17.9 Å². The van der Waals surface area contributed by atoms with Crippen LogP contribution in [-0.2, 0) is 17.8 Å². The second kappa shape index (κ2) is 4.72. The molecule has 2 saturated heterocycles. The lowest BCUT2D eigenvalue weighted by Crippen LogP contribution is -2.41. The van der Waals surface area contributed by atoms with Crippen molar-refractivity contribution in [2.24, 2.45) is 5.73 Å². The first-order chi connectivity index (χ1) is 8.33. The molecule has 2 atom stereocenters. The van der Waals surface area contributed by atoms with Crippen LogP contribution in [0.15, 0.2) is 18.3 Å². The second-order valence-corrected chi connectivity index (χ2v) is 5.01. The number of fused-ring (bicyclic) bond motifs is 2. The Balaban J connectivity index is 1.66. The van der Waals surface area contributed by atoms with Crippen LogP contribution in [0, 0.1) is 0 Å². The van der Waals surface area contributed by atoms with E-state index in [0.29, 0.717) is 18.8 Å². The van der Waals surface area contributed by atoms with Crippen LogP contribution in [0.5, 0.6) is 0 Å². The number of morpholine rings is 1. The van der Waals surface area contributed by atoms with Crippen molar-refractivity contribution in [3.05, 3.63) is 29.6 Å². The van der Waals surface area contributed by atoms with Gasteiger partial charge in [-0.2, -0.15) is 0 Å². The van der Waals surface area contributed by atoms with Crippen LogP contribution in [0.2, 0.25) is 0 Å². The quantitative estimate of drug-likeness (QED) is 0.843. The number of likely N-dealkylation sites (tertiary alicyclic amines) is 1. The lowest BCUT2D eigenvalue weighted by molar-refractivity contribution is -0.0410. The molecule has 2 N–H and O–H groups in total. The van der Waals surface area contributed by atoms with Gasteiger partial charge in [0.25, 0.3) is 0 Å². The normalized spacial score (nSPS) is 28.5. The van der Waals surface area contributed by atoms with E-state index in [1.165, 1.54) is 18.4 Å². The Morgan fingerprint density at radius 2 is 2.12 bits per heavy atom. The number of ether oxygens (including phenoxy) is 1. The van der Waals surface area contributed by atoms with Gasteiger partial charge in [0.1, 0.15) is 0 Å². The van der Waals surface area contributed by atoms with Crippen LogP contribution in [0.4, 0.5) is 0 Å². The number of hydrogen-bond acceptors (Lipinski definition) is 4. The van der Waals surface area contributed by atoms with Crippen molar-refractivity contribution < 1.29 is 4.74 Å². The predicted octanol–water partition coefficient (Wildman–Crippen LogP) is 0.903. The van der Waals surface area contributed by atoms with Gasteiger partial charge in [-0.1, -0.05) is 0 Å². The molecule has 2 aliphatic rings. The smallest absolute Gasteiger partial charge is 0.0707 e. The molecule has 2 unspecified atom stereocenters. The minimum Gasteiger partial charge on any atom is -0.372 e. The van der Waals surface area contributed by atoms with Crippen LogP contribution >= 0.6 is 0 Å². The van der Waals surface area contributed by atoms with Crippen LogP contribution in [-0.4, -0.2) is 35.2 Å². The fraction of sp³-hybridized carbons (Fsp3) is 0.615. The fourth-order valence-electron chi connectivity index (χ4n) is 2.82. The lowest BCUT2D eigenvalue weighted by Gasteiger charge is -2.32. The minimum atomic E-state index is 0.463. The van der Waals surface area contributed by atoms with Gasteiger partial charge in [0, 0.05) is 32.4 Å². The molecule has 0 aliphatic carbocycles. The average Bonchev–Trinajstić information content (AvgIpc) is 2.69. The molecule has 2 aliphatic heterocycles. The zero-order chi connectivity index (χ0) is 11.7. The van der Waals surface area contributed by atoms with Gasteiger partial charge in [0.15, 0.2) is 0 Å². The van der Waals surface area contributed by atoms with E-state index >= 15 is 0 Å². The number of nitrogens with zero attached hydrogens (tertiary/aromatic N) is 2. The van der Waals surface area contributed by atoms with E-state index in [-0.39, 0.29) is 0 Å². The highest BCUT2D eigenvalue weighted by Gasteiger charge is 2.33. The molecule has 0 aromatic carbocycles. The Kier molecular flexibility index (Phi) is 3.09. The second-order valence-electron chi connectivity index (χ2n) is 5.01. The molecule has 2 bridgehead atoms. The molecule has 1 aromatic rings. The van der Waals surface area contributed by atoms with Gasteiger partial charge in [-0.25, -0.2) is 0 Å². The molecule has 17 heavy (non-hydrogen) atoms. The number of pyridine rings is 1. The SMILES string of the molecule is NCc1cc(CN2CC3CCC(C2)O3)ccn1. The maximum Gasteiger partial charge on any atom is 0.0707 e. The first kappa shape index (κ1) is 11.1. The molecule has 4 heteroatoms. The van der Waals surface area contributed by atoms with E-state index in [1.54, 1.807) is 0 Å².